The summed E-state index contributed by atoms with van der Waals surface area (Å²) in [6, 6.07) is 6.92. The standard InChI is InChI=1S/C14H19NO/c1-9-7-11-3-4-12(8-13(11)16-9)14(5-6-14)10(2)15/h3-4,8-10H,5-7,15H2,1-2H3. The highest BCUT2D eigenvalue weighted by Gasteiger charge is 2.47. The molecule has 0 spiro atoms. The van der Waals surface area contributed by atoms with Crippen LogP contribution in [-0.4, -0.2) is 12.1 Å². The van der Waals surface area contributed by atoms with Gasteiger partial charge in [-0.2, -0.15) is 0 Å². The van der Waals surface area contributed by atoms with Crippen molar-refractivity contribution in [3.63, 3.8) is 0 Å². The molecule has 1 aliphatic carbocycles. The van der Waals surface area contributed by atoms with Gasteiger partial charge in [-0.1, -0.05) is 12.1 Å². The molecule has 1 aromatic rings. The Labute approximate surface area is 96.8 Å². The van der Waals surface area contributed by atoms with E-state index in [0.717, 1.165) is 12.2 Å². The van der Waals surface area contributed by atoms with Crippen molar-refractivity contribution in [1.29, 1.82) is 0 Å². The first-order valence-corrected chi connectivity index (χ1v) is 6.17. The van der Waals surface area contributed by atoms with Gasteiger partial charge in [0.15, 0.2) is 0 Å². The van der Waals surface area contributed by atoms with Gasteiger partial charge < -0.3 is 10.5 Å². The molecule has 2 unspecified atom stereocenters. The number of hydrogen-bond donors (Lipinski definition) is 1. The molecule has 1 fully saturated rings. The third kappa shape index (κ3) is 1.36. The molecule has 3 rings (SSSR count). The zero-order chi connectivity index (χ0) is 11.3. The zero-order valence-corrected chi connectivity index (χ0v) is 9.99. The Morgan fingerprint density at radius 3 is 2.81 bits per heavy atom. The van der Waals surface area contributed by atoms with E-state index in [4.69, 9.17) is 10.5 Å². The van der Waals surface area contributed by atoms with Gasteiger partial charge in [-0.15, -0.1) is 0 Å². The van der Waals surface area contributed by atoms with Crippen LogP contribution < -0.4 is 10.5 Å². The van der Waals surface area contributed by atoms with Crippen LogP contribution in [0.2, 0.25) is 0 Å². The highest BCUT2D eigenvalue weighted by Crippen LogP contribution is 2.51. The maximum atomic E-state index is 6.10. The van der Waals surface area contributed by atoms with Crippen molar-refractivity contribution in [3.05, 3.63) is 29.3 Å². The molecule has 2 N–H and O–H groups in total. The number of ether oxygens (including phenoxy) is 1. The van der Waals surface area contributed by atoms with Gasteiger partial charge in [0.1, 0.15) is 11.9 Å². The van der Waals surface area contributed by atoms with Crippen LogP contribution in [0.4, 0.5) is 0 Å². The Balaban J connectivity index is 1.97. The van der Waals surface area contributed by atoms with Gasteiger partial charge in [-0.05, 0) is 43.9 Å². The molecule has 0 bridgehead atoms. The van der Waals surface area contributed by atoms with Crippen molar-refractivity contribution in [2.75, 3.05) is 0 Å². The first-order chi connectivity index (χ1) is 7.62. The predicted molar refractivity (Wildman–Crippen MR) is 64.8 cm³/mol. The monoisotopic (exact) mass is 217 g/mol. The van der Waals surface area contributed by atoms with E-state index in [1.807, 2.05) is 0 Å². The van der Waals surface area contributed by atoms with Crippen LogP contribution in [-0.2, 0) is 11.8 Å². The van der Waals surface area contributed by atoms with Gasteiger partial charge in [-0.3, -0.25) is 0 Å². The van der Waals surface area contributed by atoms with Crippen molar-refractivity contribution >= 4 is 0 Å². The molecular weight excluding hydrogens is 198 g/mol. The van der Waals surface area contributed by atoms with Crippen molar-refractivity contribution in [2.45, 2.75) is 50.7 Å². The van der Waals surface area contributed by atoms with Gasteiger partial charge in [0.25, 0.3) is 0 Å². The molecule has 0 radical (unpaired) electrons. The predicted octanol–water partition coefficient (Wildman–Crippen LogP) is 2.39. The molecule has 2 heteroatoms. The minimum absolute atomic E-state index is 0.240. The number of fused-ring (bicyclic) bond motifs is 1. The van der Waals surface area contributed by atoms with Crippen molar-refractivity contribution in [1.82, 2.24) is 0 Å². The second-order valence-electron chi connectivity index (χ2n) is 5.40. The van der Waals surface area contributed by atoms with Crippen molar-refractivity contribution in [3.8, 4) is 5.75 Å². The summed E-state index contributed by atoms with van der Waals surface area (Å²) in [6.07, 6.45) is 3.81. The van der Waals surface area contributed by atoms with Crippen LogP contribution in [0.1, 0.15) is 37.8 Å². The molecule has 1 aliphatic heterocycles. The van der Waals surface area contributed by atoms with E-state index in [0.29, 0.717) is 6.10 Å². The van der Waals surface area contributed by atoms with Crippen LogP contribution >= 0.6 is 0 Å². The van der Waals surface area contributed by atoms with Gasteiger partial charge in [0.05, 0.1) is 0 Å². The molecule has 2 nitrogen and oxygen atoms in total. The fraction of sp³-hybridized carbons (Fsp3) is 0.571. The van der Waals surface area contributed by atoms with Crippen molar-refractivity contribution in [2.24, 2.45) is 5.73 Å². The Morgan fingerprint density at radius 2 is 2.19 bits per heavy atom. The van der Waals surface area contributed by atoms with Gasteiger partial charge in [0.2, 0.25) is 0 Å². The number of rotatable bonds is 2. The molecule has 1 saturated carbocycles. The Bertz CT molecular complexity index is 421. The molecular formula is C14H19NO. The lowest BCUT2D eigenvalue weighted by Crippen LogP contribution is -2.31. The summed E-state index contributed by atoms with van der Waals surface area (Å²) in [5, 5.41) is 0. The maximum Gasteiger partial charge on any atom is 0.123 e. The van der Waals surface area contributed by atoms with Crippen LogP contribution in [0.25, 0.3) is 0 Å². The summed E-state index contributed by atoms with van der Waals surface area (Å²) in [5.74, 6) is 1.08. The topological polar surface area (TPSA) is 35.2 Å². The molecule has 1 aromatic carbocycles. The third-order valence-electron chi connectivity index (χ3n) is 4.14. The summed E-state index contributed by atoms with van der Waals surface area (Å²) in [5.41, 5.74) is 9.05. The van der Waals surface area contributed by atoms with E-state index in [-0.39, 0.29) is 11.5 Å². The van der Waals surface area contributed by atoms with Crippen molar-refractivity contribution < 1.29 is 4.74 Å². The lowest BCUT2D eigenvalue weighted by atomic mass is 9.88. The van der Waals surface area contributed by atoms with Gasteiger partial charge in [-0.25, -0.2) is 0 Å². The van der Waals surface area contributed by atoms with Gasteiger partial charge >= 0.3 is 0 Å². The highest BCUT2D eigenvalue weighted by atomic mass is 16.5. The Kier molecular flexibility index (Phi) is 2.05. The average molecular weight is 217 g/mol. The summed E-state index contributed by atoms with van der Waals surface area (Å²) >= 11 is 0. The second kappa shape index (κ2) is 3.24. The smallest absolute Gasteiger partial charge is 0.123 e. The first kappa shape index (κ1) is 10.2. The molecule has 0 aromatic heterocycles. The normalized spacial score (nSPS) is 27.1. The second-order valence-corrected chi connectivity index (χ2v) is 5.40. The van der Waals surface area contributed by atoms with Gasteiger partial charge in [0, 0.05) is 17.9 Å². The summed E-state index contributed by atoms with van der Waals surface area (Å²) in [6.45, 7) is 4.24. The van der Waals surface area contributed by atoms with Crippen LogP contribution in [0.15, 0.2) is 18.2 Å². The highest BCUT2D eigenvalue weighted by molar-refractivity contribution is 5.45. The molecule has 86 valence electrons. The molecule has 2 aliphatic rings. The fourth-order valence-electron chi connectivity index (χ4n) is 2.85. The van der Waals surface area contributed by atoms with E-state index >= 15 is 0 Å². The van der Waals surface area contributed by atoms with E-state index in [1.54, 1.807) is 0 Å². The summed E-state index contributed by atoms with van der Waals surface area (Å²) < 4.78 is 5.81. The Hall–Kier alpha value is -1.02. The minimum Gasteiger partial charge on any atom is -0.490 e. The van der Waals surface area contributed by atoms with Crippen LogP contribution in [0.5, 0.6) is 5.75 Å². The quantitative estimate of drug-likeness (QED) is 0.825. The lowest BCUT2D eigenvalue weighted by molar-refractivity contribution is 0.254. The SMILES string of the molecule is CC1Cc2ccc(C3(C(C)N)CC3)cc2O1. The average Bonchev–Trinajstić information content (AvgIpc) is 2.95. The third-order valence-corrected chi connectivity index (χ3v) is 4.14. The Morgan fingerprint density at radius 1 is 1.44 bits per heavy atom. The van der Waals surface area contributed by atoms with E-state index in [9.17, 15) is 0 Å². The fourth-order valence-corrected chi connectivity index (χ4v) is 2.85. The molecule has 2 atom stereocenters. The first-order valence-electron chi connectivity index (χ1n) is 6.17. The van der Waals surface area contributed by atoms with Crippen LogP contribution in [0, 0.1) is 0 Å². The molecule has 0 amide bonds. The van der Waals surface area contributed by atoms with E-state index in [2.05, 4.69) is 32.0 Å². The minimum atomic E-state index is 0.240. The maximum absolute atomic E-state index is 6.10. The summed E-state index contributed by atoms with van der Waals surface area (Å²) in [7, 11) is 0. The van der Waals surface area contributed by atoms with E-state index < -0.39 is 0 Å². The lowest BCUT2D eigenvalue weighted by Gasteiger charge is -2.20. The number of benzene rings is 1. The summed E-state index contributed by atoms with van der Waals surface area (Å²) in [4.78, 5) is 0. The molecule has 1 heterocycles. The van der Waals surface area contributed by atoms with Crippen LogP contribution in [0.3, 0.4) is 0 Å². The largest absolute Gasteiger partial charge is 0.490 e. The van der Waals surface area contributed by atoms with E-state index in [1.165, 1.54) is 24.0 Å². The number of nitrogens with two attached hydrogens (primary N) is 1. The molecule has 0 saturated heterocycles. The number of hydrogen-bond acceptors (Lipinski definition) is 2. The zero-order valence-electron chi connectivity index (χ0n) is 9.99. The molecule has 16 heavy (non-hydrogen) atoms.